The van der Waals surface area contributed by atoms with Gasteiger partial charge >= 0.3 is 0 Å². The molecule has 96 valence electrons. The van der Waals surface area contributed by atoms with Gasteiger partial charge in [0.05, 0.1) is 3.79 Å². The summed E-state index contributed by atoms with van der Waals surface area (Å²) in [5.74, 6) is -0.124. The van der Waals surface area contributed by atoms with Crippen LogP contribution in [0.5, 0.6) is 0 Å². The minimum atomic E-state index is -0.124. The van der Waals surface area contributed by atoms with Gasteiger partial charge in [-0.25, -0.2) is 4.39 Å². The molecule has 0 saturated heterocycles. The van der Waals surface area contributed by atoms with Crippen LogP contribution in [0.4, 0.5) is 4.39 Å². The molecule has 0 bridgehead atoms. The summed E-state index contributed by atoms with van der Waals surface area (Å²) in [6.45, 7) is 1.58. The van der Waals surface area contributed by atoms with E-state index in [4.69, 9.17) is 0 Å². The van der Waals surface area contributed by atoms with Crippen LogP contribution in [-0.4, -0.2) is 6.54 Å². The molecule has 1 nitrogen and oxygen atoms in total. The average Bonchev–Trinajstić information content (AvgIpc) is 2.66. The Morgan fingerprint density at radius 3 is 2.67 bits per heavy atom. The Balaban J connectivity index is 1.78. The normalized spacial score (nSPS) is 10.8. The molecule has 5 heteroatoms. The first-order chi connectivity index (χ1) is 8.66. The number of rotatable bonds is 5. The number of thiophene rings is 1. The molecule has 0 unspecified atom stereocenters. The van der Waals surface area contributed by atoms with E-state index in [0.717, 1.165) is 26.9 Å². The first-order valence-corrected chi connectivity index (χ1v) is 7.95. The van der Waals surface area contributed by atoms with Crippen molar-refractivity contribution in [3.63, 3.8) is 0 Å². The summed E-state index contributed by atoms with van der Waals surface area (Å²) in [5.41, 5.74) is 0.763. The lowest BCUT2D eigenvalue weighted by Gasteiger charge is -2.04. The molecule has 0 aliphatic rings. The maximum absolute atomic E-state index is 13.4. The van der Waals surface area contributed by atoms with Crippen LogP contribution in [0.3, 0.4) is 0 Å². The van der Waals surface area contributed by atoms with Gasteiger partial charge in [0.25, 0.3) is 0 Å². The van der Waals surface area contributed by atoms with Gasteiger partial charge in [0, 0.05) is 15.9 Å². The molecule has 1 N–H and O–H groups in total. The lowest BCUT2D eigenvalue weighted by atomic mass is 10.1. The van der Waals surface area contributed by atoms with Crippen LogP contribution < -0.4 is 5.32 Å². The zero-order chi connectivity index (χ0) is 13.0. The van der Waals surface area contributed by atoms with E-state index in [-0.39, 0.29) is 5.82 Å². The number of nitrogens with one attached hydrogen (secondary N) is 1. The predicted molar refractivity (Wildman–Crippen MR) is 81.5 cm³/mol. The summed E-state index contributed by atoms with van der Waals surface area (Å²) in [4.78, 5) is 1.25. The number of hydrogen-bond donors (Lipinski definition) is 1. The van der Waals surface area contributed by atoms with E-state index in [1.807, 2.05) is 12.1 Å². The largest absolute Gasteiger partial charge is 0.312 e. The van der Waals surface area contributed by atoms with Gasteiger partial charge < -0.3 is 5.32 Å². The van der Waals surface area contributed by atoms with Crippen molar-refractivity contribution in [2.24, 2.45) is 0 Å². The minimum Gasteiger partial charge on any atom is -0.312 e. The Kier molecular flexibility index (Phi) is 5.36. The van der Waals surface area contributed by atoms with Gasteiger partial charge in [0.1, 0.15) is 5.82 Å². The zero-order valence-electron chi connectivity index (χ0n) is 9.55. The second kappa shape index (κ2) is 6.80. The third-order valence-corrected chi connectivity index (χ3v) is 5.78. The Labute approximate surface area is 127 Å². The first-order valence-electron chi connectivity index (χ1n) is 5.54. The second-order valence-corrected chi connectivity index (χ2v) is 7.16. The molecule has 18 heavy (non-hydrogen) atoms. The molecule has 2 aromatic rings. The van der Waals surface area contributed by atoms with Gasteiger partial charge in [-0.15, -0.1) is 11.3 Å². The van der Waals surface area contributed by atoms with Crippen molar-refractivity contribution < 1.29 is 4.39 Å². The van der Waals surface area contributed by atoms with Crippen molar-refractivity contribution in [3.8, 4) is 0 Å². The number of benzene rings is 1. The highest BCUT2D eigenvalue weighted by atomic mass is 79.9. The van der Waals surface area contributed by atoms with E-state index in [1.54, 1.807) is 17.4 Å². The molecule has 0 spiro atoms. The molecule has 0 radical (unpaired) electrons. The van der Waals surface area contributed by atoms with Crippen molar-refractivity contribution in [2.75, 3.05) is 6.54 Å². The van der Waals surface area contributed by atoms with Crippen LogP contribution in [0.25, 0.3) is 0 Å². The average molecular weight is 393 g/mol. The van der Waals surface area contributed by atoms with Gasteiger partial charge in [-0.2, -0.15) is 0 Å². The van der Waals surface area contributed by atoms with Crippen LogP contribution in [0.1, 0.15) is 10.4 Å². The summed E-state index contributed by atoms with van der Waals surface area (Å²) < 4.78 is 15.5. The molecule has 0 aliphatic carbocycles. The number of halogens is 3. The standard InChI is InChI=1S/C13H12Br2FNS/c14-11-7-10(18-13(11)15)8-17-6-5-9-3-1-2-4-12(9)16/h1-4,7,17H,5-6,8H2. The second-order valence-electron chi connectivity index (χ2n) is 3.85. The fourth-order valence-corrected chi connectivity index (χ4v) is 3.76. The first kappa shape index (κ1) is 14.2. The topological polar surface area (TPSA) is 12.0 Å². The summed E-state index contributed by atoms with van der Waals surface area (Å²) in [5, 5.41) is 3.32. The van der Waals surface area contributed by atoms with Crippen molar-refractivity contribution in [3.05, 3.63) is 54.8 Å². The van der Waals surface area contributed by atoms with Gasteiger partial charge in [-0.05, 0) is 62.5 Å². The molecule has 0 aliphatic heterocycles. The van der Waals surface area contributed by atoms with Crippen molar-refractivity contribution in [1.29, 1.82) is 0 Å². The summed E-state index contributed by atoms with van der Waals surface area (Å²) in [7, 11) is 0. The van der Waals surface area contributed by atoms with E-state index in [1.165, 1.54) is 10.9 Å². The highest BCUT2D eigenvalue weighted by molar-refractivity contribution is 9.13. The van der Waals surface area contributed by atoms with Crippen molar-refractivity contribution >= 4 is 43.2 Å². The predicted octanol–water partition coefficient (Wildman–Crippen LogP) is 4.74. The quantitative estimate of drug-likeness (QED) is 0.724. The van der Waals surface area contributed by atoms with E-state index in [2.05, 4.69) is 43.2 Å². The molecule has 2 rings (SSSR count). The van der Waals surface area contributed by atoms with Crippen LogP contribution in [0.2, 0.25) is 0 Å². The molecule has 0 saturated carbocycles. The van der Waals surface area contributed by atoms with E-state index < -0.39 is 0 Å². The van der Waals surface area contributed by atoms with Gasteiger partial charge in [-0.3, -0.25) is 0 Å². The molecule has 0 atom stereocenters. The summed E-state index contributed by atoms with van der Waals surface area (Å²) >= 11 is 8.62. The molecular formula is C13H12Br2FNS. The molecular weight excluding hydrogens is 381 g/mol. The van der Waals surface area contributed by atoms with Gasteiger partial charge in [0.2, 0.25) is 0 Å². The monoisotopic (exact) mass is 391 g/mol. The van der Waals surface area contributed by atoms with Crippen LogP contribution >= 0.6 is 43.2 Å². The Morgan fingerprint density at radius 2 is 2.00 bits per heavy atom. The fraction of sp³-hybridized carbons (Fsp3) is 0.231. The van der Waals surface area contributed by atoms with Gasteiger partial charge in [-0.1, -0.05) is 18.2 Å². The maximum atomic E-state index is 13.4. The highest BCUT2D eigenvalue weighted by Crippen LogP contribution is 2.32. The summed E-state index contributed by atoms with van der Waals surface area (Å²) in [6.07, 6.45) is 0.709. The lowest BCUT2D eigenvalue weighted by molar-refractivity contribution is 0.598. The van der Waals surface area contributed by atoms with Crippen molar-refractivity contribution in [1.82, 2.24) is 5.32 Å². The number of hydrogen-bond acceptors (Lipinski definition) is 2. The van der Waals surface area contributed by atoms with E-state index >= 15 is 0 Å². The van der Waals surface area contributed by atoms with E-state index in [9.17, 15) is 4.39 Å². The smallest absolute Gasteiger partial charge is 0.126 e. The molecule has 1 aromatic heterocycles. The lowest BCUT2D eigenvalue weighted by Crippen LogP contribution is -2.16. The fourth-order valence-electron chi connectivity index (χ4n) is 1.61. The third kappa shape index (κ3) is 3.88. The third-order valence-electron chi connectivity index (χ3n) is 2.52. The molecule has 1 aromatic carbocycles. The Bertz CT molecular complexity index is 508. The molecule has 1 heterocycles. The highest BCUT2D eigenvalue weighted by Gasteiger charge is 2.04. The maximum Gasteiger partial charge on any atom is 0.126 e. The Hall–Kier alpha value is -0.230. The molecule has 0 amide bonds. The molecule has 0 fully saturated rings. The SMILES string of the molecule is Fc1ccccc1CCNCc1cc(Br)c(Br)s1. The minimum absolute atomic E-state index is 0.124. The van der Waals surface area contributed by atoms with E-state index in [0.29, 0.717) is 6.42 Å². The van der Waals surface area contributed by atoms with Crippen LogP contribution in [-0.2, 0) is 13.0 Å². The zero-order valence-corrected chi connectivity index (χ0v) is 13.5. The summed E-state index contributed by atoms with van der Waals surface area (Å²) in [6, 6.07) is 9.00. The Morgan fingerprint density at radius 1 is 1.22 bits per heavy atom. The van der Waals surface area contributed by atoms with Gasteiger partial charge in [0.15, 0.2) is 0 Å². The van der Waals surface area contributed by atoms with Crippen LogP contribution in [0, 0.1) is 5.82 Å². The van der Waals surface area contributed by atoms with Crippen LogP contribution in [0.15, 0.2) is 38.6 Å². The van der Waals surface area contributed by atoms with Crippen molar-refractivity contribution in [2.45, 2.75) is 13.0 Å².